The largest absolute Gasteiger partial charge is 0.382 e. The van der Waals surface area contributed by atoms with E-state index in [-0.39, 0.29) is 11.5 Å². The lowest BCUT2D eigenvalue weighted by Gasteiger charge is -2.24. The van der Waals surface area contributed by atoms with Gasteiger partial charge in [0.05, 0.1) is 6.10 Å². The van der Waals surface area contributed by atoms with E-state index in [1.54, 1.807) is 7.11 Å². The van der Waals surface area contributed by atoms with Crippen LogP contribution in [0, 0.1) is 5.41 Å². The molecular weight excluding hydrogens is 152 g/mol. The van der Waals surface area contributed by atoms with E-state index in [2.05, 4.69) is 0 Å². The number of carbonyl (C=O) groups excluding carboxylic acids is 1. The summed E-state index contributed by atoms with van der Waals surface area (Å²) in [5.41, 5.74) is -0.0462. The van der Waals surface area contributed by atoms with Gasteiger partial charge in [0.15, 0.2) is 0 Å². The lowest BCUT2D eigenvalue weighted by molar-refractivity contribution is -0.117. The van der Waals surface area contributed by atoms with E-state index in [0.29, 0.717) is 0 Å². The number of hydrogen-bond donors (Lipinski definition) is 0. The molecule has 0 aromatic rings. The normalized spacial score (nSPS) is 23.8. The molecule has 0 saturated heterocycles. The highest BCUT2D eigenvalue weighted by Crippen LogP contribution is 2.40. The van der Waals surface area contributed by atoms with Gasteiger partial charge in [0.2, 0.25) is 0 Å². The van der Waals surface area contributed by atoms with E-state index in [1.807, 2.05) is 6.92 Å². The van der Waals surface area contributed by atoms with Gasteiger partial charge >= 0.3 is 0 Å². The van der Waals surface area contributed by atoms with Crippen molar-refractivity contribution in [3.05, 3.63) is 0 Å². The quantitative estimate of drug-likeness (QED) is 0.604. The monoisotopic (exact) mass is 170 g/mol. The first kappa shape index (κ1) is 9.72. The molecule has 0 spiro atoms. The minimum absolute atomic E-state index is 0.0462. The van der Waals surface area contributed by atoms with Crippen LogP contribution in [0.15, 0.2) is 0 Å². The number of carbonyl (C=O) groups is 1. The molecule has 0 aliphatic heterocycles. The lowest BCUT2D eigenvalue weighted by Crippen LogP contribution is -2.24. The Kier molecular flexibility index (Phi) is 3.27. The van der Waals surface area contributed by atoms with Gasteiger partial charge in [-0.2, -0.15) is 0 Å². The minimum atomic E-state index is -0.0462. The molecule has 1 unspecified atom stereocenters. The fourth-order valence-corrected chi connectivity index (χ4v) is 2.11. The third-order valence-electron chi connectivity index (χ3n) is 2.95. The molecule has 1 fully saturated rings. The average molecular weight is 170 g/mol. The molecule has 12 heavy (non-hydrogen) atoms. The van der Waals surface area contributed by atoms with Gasteiger partial charge in [-0.15, -0.1) is 0 Å². The smallest absolute Gasteiger partial charge is 0.126 e. The average Bonchev–Trinajstić information content (AvgIpc) is 2.54. The predicted octanol–water partition coefficient (Wildman–Crippen LogP) is 2.17. The van der Waals surface area contributed by atoms with Crippen LogP contribution in [-0.2, 0) is 9.53 Å². The Labute approximate surface area is 74.3 Å². The van der Waals surface area contributed by atoms with Gasteiger partial charge in [-0.1, -0.05) is 12.8 Å². The van der Waals surface area contributed by atoms with Gasteiger partial charge in [-0.25, -0.2) is 0 Å². The van der Waals surface area contributed by atoms with Crippen molar-refractivity contribution in [3.63, 3.8) is 0 Å². The number of aldehydes is 1. The summed E-state index contributed by atoms with van der Waals surface area (Å²) in [7, 11) is 1.71. The number of hydrogen-bond acceptors (Lipinski definition) is 2. The number of rotatable bonds is 4. The summed E-state index contributed by atoms with van der Waals surface area (Å²) >= 11 is 0. The third-order valence-corrected chi connectivity index (χ3v) is 2.95. The molecule has 1 saturated carbocycles. The Hall–Kier alpha value is -0.370. The first-order valence-electron chi connectivity index (χ1n) is 4.71. The highest BCUT2D eigenvalue weighted by Gasteiger charge is 2.34. The summed E-state index contributed by atoms with van der Waals surface area (Å²) < 4.78 is 5.18. The zero-order valence-electron chi connectivity index (χ0n) is 8.01. The standard InChI is InChI=1S/C10H18O2/c1-9(12-2)7-10(8-11)5-3-4-6-10/h8-9H,3-7H2,1-2H3. The van der Waals surface area contributed by atoms with E-state index >= 15 is 0 Å². The fraction of sp³-hybridized carbons (Fsp3) is 0.900. The zero-order valence-corrected chi connectivity index (χ0v) is 8.01. The molecule has 1 rings (SSSR count). The molecule has 0 aromatic carbocycles. The van der Waals surface area contributed by atoms with Gasteiger partial charge in [0, 0.05) is 12.5 Å². The van der Waals surface area contributed by atoms with E-state index in [0.717, 1.165) is 25.5 Å². The van der Waals surface area contributed by atoms with Crippen LogP contribution in [0.3, 0.4) is 0 Å². The number of ether oxygens (including phenoxy) is 1. The first-order valence-corrected chi connectivity index (χ1v) is 4.71. The Bertz CT molecular complexity index is 148. The third kappa shape index (κ3) is 2.07. The van der Waals surface area contributed by atoms with Crippen LogP contribution in [0.2, 0.25) is 0 Å². The van der Waals surface area contributed by atoms with Crippen molar-refractivity contribution in [1.29, 1.82) is 0 Å². The fourth-order valence-electron chi connectivity index (χ4n) is 2.11. The summed E-state index contributed by atoms with van der Waals surface area (Å²) in [6.07, 6.45) is 6.79. The molecule has 0 radical (unpaired) electrons. The molecule has 0 N–H and O–H groups in total. The van der Waals surface area contributed by atoms with Crippen LogP contribution in [-0.4, -0.2) is 19.5 Å². The molecule has 2 heteroatoms. The molecule has 0 aromatic heterocycles. The van der Waals surface area contributed by atoms with Crippen LogP contribution in [0.1, 0.15) is 39.0 Å². The first-order chi connectivity index (χ1) is 5.72. The van der Waals surface area contributed by atoms with Crippen LogP contribution in [0.25, 0.3) is 0 Å². The Balaban J connectivity index is 2.49. The highest BCUT2D eigenvalue weighted by atomic mass is 16.5. The second kappa shape index (κ2) is 4.04. The van der Waals surface area contributed by atoms with Crippen LogP contribution < -0.4 is 0 Å². The van der Waals surface area contributed by atoms with Crippen molar-refractivity contribution in [1.82, 2.24) is 0 Å². The number of methoxy groups -OCH3 is 1. The molecular formula is C10H18O2. The molecule has 0 bridgehead atoms. The maximum atomic E-state index is 10.9. The van der Waals surface area contributed by atoms with Gasteiger partial charge in [0.1, 0.15) is 6.29 Å². The van der Waals surface area contributed by atoms with E-state index in [9.17, 15) is 4.79 Å². The SMILES string of the molecule is COC(C)CC1(C=O)CCCC1. The van der Waals surface area contributed by atoms with Gasteiger partial charge in [0.25, 0.3) is 0 Å². The Morgan fingerprint density at radius 2 is 2.08 bits per heavy atom. The van der Waals surface area contributed by atoms with Crippen LogP contribution in [0.5, 0.6) is 0 Å². The van der Waals surface area contributed by atoms with E-state index in [1.165, 1.54) is 12.8 Å². The summed E-state index contributed by atoms with van der Waals surface area (Å²) in [5.74, 6) is 0. The molecule has 0 heterocycles. The molecule has 1 atom stereocenters. The summed E-state index contributed by atoms with van der Waals surface area (Å²) in [6, 6.07) is 0. The highest BCUT2D eigenvalue weighted by molar-refractivity contribution is 5.59. The lowest BCUT2D eigenvalue weighted by atomic mass is 9.82. The van der Waals surface area contributed by atoms with Crippen molar-refractivity contribution >= 4 is 6.29 Å². The molecule has 70 valence electrons. The minimum Gasteiger partial charge on any atom is -0.382 e. The predicted molar refractivity (Wildman–Crippen MR) is 48.1 cm³/mol. The van der Waals surface area contributed by atoms with Crippen molar-refractivity contribution in [2.75, 3.05) is 7.11 Å². The van der Waals surface area contributed by atoms with Crippen LogP contribution in [0.4, 0.5) is 0 Å². The zero-order chi connectivity index (χ0) is 9.03. The van der Waals surface area contributed by atoms with E-state index in [4.69, 9.17) is 4.74 Å². The van der Waals surface area contributed by atoms with Crippen LogP contribution >= 0.6 is 0 Å². The molecule has 0 amide bonds. The molecule has 2 nitrogen and oxygen atoms in total. The Morgan fingerprint density at radius 1 is 1.50 bits per heavy atom. The van der Waals surface area contributed by atoms with Crippen molar-refractivity contribution in [2.45, 2.75) is 45.1 Å². The summed E-state index contributed by atoms with van der Waals surface area (Å²) in [4.78, 5) is 10.9. The van der Waals surface area contributed by atoms with Gasteiger partial charge in [-0.3, -0.25) is 0 Å². The maximum absolute atomic E-state index is 10.9. The van der Waals surface area contributed by atoms with Gasteiger partial charge in [-0.05, 0) is 26.2 Å². The van der Waals surface area contributed by atoms with Gasteiger partial charge < -0.3 is 9.53 Å². The van der Waals surface area contributed by atoms with Crippen molar-refractivity contribution in [2.24, 2.45) is 5.41 Å². The second-order valence-corrected chi connectivity index (χ2v) is 3.94. The van der Waals surface area contributed by atoms with E-state index < -0.39 is 0 Å². The second-order valence-electron chi connectivity index (χ2n) is 3.94. The van der Waals surface area contributed by atoms with Crippen molar-refractivity contribution in [3.8, 4) is 0 Å². The van der Waals surface area contributed by atoms with Crippen molar-refractivity contribution < 1.29 is 9.53 Å². The molecule has 1 aliphatic carbocycles. The summed E-state index contributed by atoms with van der Waals surface area (Å²) in [5, 5.41) is 0. The topological polar surface area (TPSA) is 26.3 Å². The molecule has 1 aliphatic rings. The maximum Gasteiger partial charge on any atom is 0.126 e. The summed E-state index contributed by atoms with van der Waals surface area (Å²) in [6.45, 7) is 2.03. The Morgan fingerprint density at radius 3 is 2.50 bits per heavy atom.